The number of halogens is 1. The van der Waals surface area contributed by atoms with E-state index in [4.69, 9.17) is 20.8 Å². The van der Waals surface area contributed by atoms with Gasteiger partial charge in [-0.15, -0.1) is 0 Å². The highest BCUT2D eigenvalue weighted by atomic mass is 35.5. The lowest BCUT2D eigenvalue weighted by atomic mass is 9.98. The number of carbonyl (C=O) groups excluding carboxylic acids is 1. The van der Waals surface area contributed by atoms with E-state index in [1.165, 1.54) is 0 Å². The quantitative estimate of drug-likeness (QED) is 0.415. The Labute approximate surface area is 189 Å². The summed E-state index contributed by atoms with van der Waals surface area (Å²) in [7, 11) is 1.59. The van der Waals surface area contributed by atoms with E-state index in [1.54, 1.807) is 24.1 Å². The number of methoxy groups -OCH3 is 1. The molecule has 0 fully saturated rings. The van der Waals surface area contributed by atoms with Crippen LogP contribution in [-0.2, 0) is 6.54 Å². The van der Waals surface area contributed by atoms with E-state index in [0.717, 1.165) is 16.7 Å². The average Bonchev–Trinajstić information content (AvgIpc) is 3.08. The van der Waals surface area contributed by atoms with Gasteiger partial charge in [0.25, 0.3) is 5.91 Å². The minimum atomic E-state index is -0.579. The number of hydrogen-bond acceptors (Lipinski definition) is 4. The number of aryl methyl sites for hydroxylation is 1. The van der Waals surface area contributed by atoms with Crippen molar-refractivity contribution in [3.63, 3.8) is 0 Å². The normalized spacial score (nSPS) is 15.3. The zero-order valence-electron chi connectivity index (χ0n) is 17.6. The fraction of sp³-hybridized carbons (Fsp3) is 0.154. The number of ether oxygens (including phenoxy) is 1. The molecular formula is C26H20ClNO4. The van der Waals surface area contributed by atoms with Crippen LogP contribution in [0.1, 0.15) is 38.9 Å². The molecule has 1 unspecified atom stereocenters. The lowest BCUT2D eigenvalue weighted by molar-refractivity contribution is 0.0714. The van der Waals surface area contributed by atoms with Gasteiger partial charge in [-0.05, 0) is 47.9 Å². The van der Waals surface area contributed by atoms with Crippen LogP contribution in [0.2, 0.25) is 5.02 Å². The van der Waals surface area contributed by atoms with Crippen molar-refractivity contribution in [1.29, 1.82) is 0 Å². The molecule has 0 bridgehead atoms. The Hall–Kier alpha value is -3.57. The maximum absolute atomic E-state index is 13.6. The van der Waals surface area contributed by atoms with E-state index in [2.05, 4.69) is 0 Å². The Kier molecular flexibility index (Phi) is 4.98. The van der Waals surface area contributed by atoms with Crippen molar-refractivity contribution in [2.45, 2.75) is 19.5 Å². The van der Waals surface area contributed by atoms with Crippen molar-refractivity contribution in [3.05, 3.63) is 110 Å². The van der Waals surface area contributed by atoms with Crippen LogP contribution in [-0.4, -0.2) is 17.9 Å². The highest BCUT2D eigenvalue weighted by Crippen LogP contribution is 2.40. The molecule has 3 aromatic carbocycles. The first kappa shape index (κ1) is 20.3. The molecule has 4 aromatic rings. The summed E-state index contributed by atoms with van der Waals surface area (Å²) in [5, 5.41) is 0.850. The Morgan fingerprint density at radius 2 is 1.75 bits per heavy atom. The summed E-state index contributed by atoms with van der Waals surface area (Å²) in [4.78, 5) is 28.8. The van der Waals surface area contributed by atoms with Gasteiger partial charge in [-0.1, -0.05) is 54.1 Å². The molecule has 1 amide bonds. The Morgan fingerprint density at radius 3 is 2.44 bits per heavy atom. The van der Waals surface area contributed by atoms with Gasteiger partial charge in [-0.25, -0.2) is 0 Å². The molecule has 160 valence electrons. The summed E-state index contributed by atoms with van der Waals surface area (Å²) < 4.78 is 11.3. The first-order chi connectivity index (χ1) is 15.5. The maximum atomic E-state index is 13.6. The number of hydrogen-bond donors (Lipinski definition) is 0. The highest BCUT2D eigenvalue weighted by Gasteiger charge is 2.42. The van der Waals surface area contributed by atoms with Crippen molar-refractivity contribution in [2.24, 2.45) is 0 Å². The van der Waals surface area contributed by atoms with Gasteiger partial charge in [0.2, 0.25) is 5.76 Å². The van der Waals surface area contributed by atoms with Crippen LogP contribution in [0.3, 0.4) is 0 Å². The molecule has 5 rings (SSSR count). The zero-order valence-corrected chi connectivity index (χ0v) is 18.3. The predicted octanol–water partition coefficient (Wildman–Crippen LogP) is 5.51. The summed E-state index contributed by atoms with van der Waals surface area (Å²) in [6.45, 7) is 2.18. The van der Waals surface area contributed by atoms with E-state index < -0.39 is 6.04 Å². The number of fused-ring (bicyclic) bond motifs is 2. The van der Waals surface area contributed by atoms with Gasteiger partial charge in [0.05, 0.1) is 24.1 Å². The largest absolute Gasteiger partial charge is 0.497 e. The van der Waals surface area contributed by atoms with Gasteiger partial charge in [0, 0.05) is 11.6 Å². The third-order valence-corrected chi connectivity index (χ3v) is 6.28. The number of benzene rings is 3. The SMILES string of the molecule is COc1ccc(C2c3c(oc4cc(C)c(Cl)cc4c3=O)C(=O)N2Cc2ccccc2)cc1. The second kappa shape index (κ2) is 7.84. The molecule has 6 heteroatoms. The molecule has 1 aromatic heterocycles. The summed E-state index contributed by atoms with van der Waals surface area (Å²) in [6.07, 6.45) is 0. The first-order valence-corrected chi connectivity index (χ1v) is 10.6. The van der Waals surface area contributed by atoms with Crippen LogP contribution >= 0.6 is 11.6 Å². The molecule has 1 atom stereocenters. The fourth-order valence-electron chi connectivity index (χ4n) is 4.22. The zero-order chi connectivity index (χ0) is 22.4. The lowest BCUT2D eigenvalue weighted by Gasteiger charge is -2.25. The van der Waals surface area contributed by atoms with Gasteiger partial charge in [0.1, 0.15) is 11.3 Å². The van der Waals surface area contributed by atoms with Crippen molar-refractivity contribution >= 4 is 28.5 Å². The van der Waals surface area contributed by atoms with Crippen LogP contribution in [0.4, 0.5) is 0 Å². The average molecular weight is 446 g/mol. The highest BCUT2D eigenvalue weighted by molar-refractivity contribution is 6.32. The summed E-state index contributed by atoms with van der Waals surface area (Å²) in [6, 6.07) is 19.8. The topological polar surface area (TPSA) is 59.8 Å². The third kappa shape index (κ3) is 3.26. The van der Waals surface area contributed by atoms with E-state index >= 15 is 0 Å². The van der Waals surface area contributed by atoms with Crippen LogP contribution in [0.25, 0.3) is 11.0 Å². The van der Waals surface area contributed by atoms with E-state index in [9.17, 15) is 9.59 Å². The lowest BCUT2D eigenvalue weighted by Crippen LogP contribution is -2.29. The smallest absolute Gasteiger partial charge is 0.291 e. The number of amides is 1. The van der Waals surface area contributed by atoms with Crippen molar-refractivity contribution in [2.75, 3.05) is 7.11 Å². The Balaban J connectivity index is 1.73. The van der Waals surface area contributed by atoms with Crippen LogP contribution in [0, 0.1) is 6.92 Å². The van der Waals surface area contributed by atoms with Crippen LogP contribution in [0.5, 0.6) is 5.75 Å². The third-order valence-electron chi connectivity index (χ3n) is 5.87. The van der Waals surface area contributed by atoms with Crippen molar-refractivity contribution < 1.29 is 13.9 Å². The molecule has 0 N–H and O–H groups in total. The molecule has 1 aliphatic rings. The molecule has 1 aliphatic heterocycles. The minimum absolute atomic E-state index is 0.0842. The van der Waals surface area contributed by atoms with E-state index in [-0.39, 0.29) is 17.1 Å². The molecule has 0 aliphatic carbocycles. The van der Waals surface area contributed by atoms with Gasteiger partial charge in [-0.2, -0.15) is 0 Å². The maximum Gasteiger partial charge on any atom is 0.291 e. The number of carbonyl (C=O) groups is 1. The monoisotopic (exact) mass is 445 g/mol. The summed E-state index contributed by atoms with van der Waals surface area (Å²) in [5.74, 6) is 0.470. The first-order valence-electron chi connectivity index (χ1n) is 10.2. The predicted molar refractivity (Wildman–Crippen MR) is 123 cm³/mol. The van der Waals surface area contributed by atoms with Gasteiger partial charge >= 0.3 is 0 Å². The Morgan fingerprint density at radius 1 is 1.03 bits per heavy atom. The molecule has 0 saturated carbocycles. The molecule has 5 nitrogen and oxygen atoms in total. The Bertz CT molecular complexity index is 1390. The second-order valence-electron chi connectivity index (χ2n) is 7.87. The van der Waals surface area contributed by atoms with E-state index in [1.807, 2.05) is 61.5 Å². The molecule has 32 heavy (non-hydrogen) atoms. The molecular weight excluding hydrogens is 426 g/mol. The number of rotatable bonds is 4. The van der Waals surface area contributed by atoms with Crippen LogP contribution < -0.4 is 10.2 Å². The summed E-state index contributed by atoms with van der Waals surface area (Å²) >= 11 is 6.29. The van der Waals surface area contributed by atoms with Gasteiger partial charge < -0.3 is 14.1 Å². The molecule has 2 heterocycles. The molecule has 0 radical (unpaired) electrons. The second-order valence-corrected chi connectivity index (χ2v) is 8.27. The van der Waals surface area contributed by atoms with Crippen molar-refractivity contribution in [1.82, 2.24) is 4.90 Å². The molecule has 0 spiro atoms. The number of nitrogens with zero attached hydrogens (tertiary/aromatic N) is 1. The van der Waals surface area contributed by atoms with Gasteiger partial charge in [-0.3, -0.25) is 9.59 Å². The summed E-state index contributed by atoms with van der Waals surface area (Å²) in [5.41, 5.74) is 3.00. The van der Waals surface area contributed by atoms with Crippen molar-refractivity contribution in [3.8, 4) is 5.75 Å². The standard InChI is InChI=1S/C26H20ClNO4/c1-15-12-21-19(13-20(15)27)24(29)22-23(17-8-10-18(31-2)11-9-17)28(26(30)25(22)32-21)14-16-6-4-3-5-7-16/h3-13,23H,14H2,1-2H3. The molecule has 0 saturated heterocycles. The van der Waals surface area contributed by atoms with E-state index in [0.29, 0.717) is 33.8 Å². The van der Waals surface area contributed by atoms with Gasteiger partial charge in [0.15, 0.2) is 5.43 Å². The minimum Gasteiger partial charge on any atom is -0.497 e. The fourth-order valence-corrected chi connectivity index (χ4v) is 4.38. The van der Waals surface area contributed by atoms with Crippen LogP contribution in [0.15, 0.2) is 75.9 Å².